The zero-order valence-electron chi connectivity index (χ0n) is 12.0. The molecule has 0 amide bonds. The first kappa shape index (κ1) is 14.5. The van der Waals surface area contributed by atoms with Gasteiger partial charge < -0.3 is 5.11 Å². The summed E-state index contributed by atoms with van der Waals surface area (Å²) in [6.07, 6.45) is 0.758. The number of nitrogens with zero attached hydrogens (tertiary/aromatic N) is 1. The Bertz CT molecular complexity index is 638. The van der Waals surface area contributed by atoms with Gasteiger partial charge in [-0.25, -0.2) is 4.98 Å². The Kier molecular flexibility index (Phi) is 4.73. The Labute approximate surface area is 120 Å². The highest BCUT2D eigenvalue weighted by Crippen LogP contribution is 2.18. The lowest BCUT2D eigenvalue weighted by Crippen LogP contribution is -2.29. The molecule has 2 aromatic rings. The molecule has 2 N–H and O–H groups in total. The van der Waals surface area contributed by atoms with Gasteiger partial charge in [0, 0.05) is 18.4 Å². The maximum atomic E-state index is 8.78. The number of aliphatic hydroxyl groups is 1. The number of aliphatic hydroxyl groups excluding tert-OH is 1. The van der Waals surface area contributed by atoms with Crippen LogP contribution in [0.2, 0.25) is 0 Å². The van der Waals surface area contributed by atoms with E-state index < -0.39 is 0 Å². The van der Waals surface area contributed by atoms with Crippen molar-refractivity contribution in [2.24, 2.45) is 5.41 Å². The van der Waals surface area contributed by atoms with E-state index in [9.17, 15) is 0 Å². The molecule has 0 atom stereocenters. The molecule has 20 heavy (non-hydrogen) atoms. The molecular weight excluding hydrogens is 248 g/mol. The highest BCUT2D eigenvalue weighted by atomic mass is 16.3. The molecule has 0 aliphatic rings. The minimum absolute atomic E-state index is 0.00306. The van der Waals surface area contributed by atoms with Crippen molar-refractivity contribution in [1.29, 1.82) is 0 Å². The van der Waals surface area contributed by atoms with Gasteiger partial charge >= 0.3 is 0 Å². The summed E-state index contributed by atoms with van der Waals surface area (Å²) < 4.78 is 0. The lowest BCUT2D eigenvalue weighted by molar-refractivity contribution is 0.229. The molecule has 1 heterocycles. The smallest absolute Gasteiger partial charge is 0.113 e. The summed E-state index contributed by atoms with van der Waals surface area (Å²) in [5.41, 5.74) is 1.81. The van der Waals surface area contributed by atoms with Gasteiger partial charge in [-0.3, -0.25) is 5.32 Å². The van der Waals surface area contributed by atoms with Crippen molar-refractivity contribution in [1.82, 2.24) is 10.3 Å². The standard InChI is InChI=1S/C17H20N2O/c1-17(2,12-18-13-20)11-5-7-15-10-9-14-6-3-4-8-16(14)19-15/h3-4,6,8-10,18,20H,11-13H2,1-2H3. The second kappa shape index (κ2) is 6.51. The molecule has 3 nitrogen and oxygen atoms in total. The largest absolute Gasteiger partial charge is 0.381 e. The van der Waals surface area contributed by atoms with Crippen LogP contribution >= 0.6 is 0 Å². The van der Waals surface area contributed by atoms with E-state index in [0.29, 0.717) is 0 Å². The minimum Gasteiger partial charge on any atom is -0.381 e. The fourth-order valence-electron chi connectivity index (χ4n) is 1.97. The van der Waals surface area contributed by atoms with Crippen LogP contribution in [0.4, 0.5) is 0 Å². The summed E-state index contributed by atoms with van der Waals surface area (Å²) in [6.45, 7) is 4.99. The quantitative estimate of drug-likeness (QED) is 0.661. The monoisotopic (exact) mass is 268 g/mol. The third-order valence-corrected chi connectivity index (χ3v) is 3.10. The number of fused-ring (bicyclic) bond motifs is 1. The second-order valence-corrected chi connectivity index (χ2v) is 5.62. The van der Waals surface area contributed by atoms with Gasteiger partial charge in [0.1, 0.15) is 5.69 Å². The Hall–Kier alpha value is -1.89. The van der Waals surface area contributed by atoms with E-state index >= 15 is 0 Å². The van der Waals surface area contributed by atoms with Crippen molar-refractivity contribution in [2.45, 2.75) is 20.3 Å². The Morgan fingerprint density at radius 1 is 1.20 bits per heavy atom. The van der Waals surface area contributed by atoms with Crippen LogP contribution in [-0.2, 0) is 0 Å². The van der Waals surface area contributed by atoms with Crippen LogP contribution in [0.5, 0.6) is 0 Å². The van der Waals surface area contributed by atoms with Crippen molar-refractivity contribution in [3.63, 3.8) is 0 Å². The Balaban J connectivity index is 2.07. The molecule has 0 saturated heterocycles. The van der Waals surface area contributed by atoms with Crippen LogP contribution in [0.1, 0.15) is 26.0 Å². The highest BCUT2D eigenvalue weighted by molar-refractivity contribution is 5.78. The molecule has 1 aromatic heterocycles. The van der Waals surface area contributed by atoms with E-state index in [2.05, 4.69) is 36.0 Å². The number of hydrogen-bond acceptors (Lipinski definition) is 3. The van der Waals surface area contributed by atoms with Gasteiger partial charge in [-0.1, -0.05) is 44.0 Å². The minimum atomic E-state index is 0.00306. The number of para-hydroxylation sites is 1. The maximum Gasteiger partial charge on any atom is 0.113 e. The first-order valence-electron chi connectivity index (χ1n) is 6.77. The van der Waals surface area contributed by atoms with Gasteiger partial charge in [-0.05, 0) is 23.5 Å². The van der Waals surface area contributed by atoms with Crippen LogP contribution in [0, 0.1) is 17.3 Å². The molecule has 1 aromatic carbocycles. The molecule has 0 radical (unpaired) electrons. The van der Waals surface area contributed by atoms with Crippen LogP contribution < -0.4 is 5.32 Å². The van der Waals surface area contributed by atoms with Crippen LogP contribution in [-0.4, -0.2) is 23.4 Å². The Morgan fingerprint density at radius 3 is 2.80 bits per heavy atom. The lowest BCUT2D eigenvalue weighted by atomic mass is 9.89. The molecule has 0 spiro atoms. The molecule has 0 aliphatic carbocycles. The Morgan fingerprint density at radius 2 is 2.00 bits per heavy atom. The predicted octanol–water partition coefficient (Wildman–Crippen LogP) is 2.54. The number of hydrogen-bond donors (Lipinski definition) is 2. The van der Waals surface area contributed by atoms with E-state index in [4.69, 9.17) is 5.11 Å². The fraction of sp³-hybridized carbons (Fsp3) is 0.353. The van der Waals surface area contributed by atoms with Crippen molar-refractivity contribution in [3.05, 3.63) is 42.1 Å². The normalized spacial score (nSPS) is 11.2. The van der Waals surface area contributed by atoms with Gasteiger partial charge in [0.15, 0.2) is 0 Å². The number of pyridine rings is 1. The van der Waals surface area contributed by atoms with E-state index in [-0.39, 0.29) is 12.1 Å². The highest BCUT2D eigenvalue weighted by Gasteiger charge is 2.15. The summed E-state index contributed by atoms with van der Waals surface area (Å²) in [4.78, 5) is 4.53. The predicted molar refractivity (Wildman–Crippen MR) is 82.1 cm³/mol. The number of rotatable bonds is 4. The summed E-state index contributed by atoms with van der Waals surface area (Å²) in [5.74, 6) is 6.30. The van der Waals surface area contributed by atoms with Gasteiger partial charge in [0.2, 0.25) is 0 Å². The molecule has 3 heteroatoms. The summed E-state index contributed by atoms with van der Waals surface area (Å²) >= 11 is 0. The van der Waals surface area contributed by atoms with E-state index in [1.165, 1.54) is 0 Å². The number of aromatic nitrogens is 1. The summed E-state index contributed by atoms with van der Waals surface area (Å²) in [7, 11) is 0. The first-order chi connectivity index (χ1) is 9.61. The number of benzene rings is 1. The third kappa shape index (κ3) is 4.06. The second-order valence-electron chi connectivity index (χ2n) is 5.62. The van der Waals surface area contributed by atoms with Crippen molar-refractivity contribution >= 4 is 10.9 Å². The topological polar surface area (TPSA) is 45.2 Å². The van der Waals surface area contributed by atoms with Crippen LogP contribution in [0.3, 0.4) is 0 Å². The zero-order chi connectivity index (χ0) is 14.4. The molecule has 104 valence electrons. The van der Waals surface area contributed by atoms with Crippen molar-refractivity contribution in [2.75, 3.05) is 13.3 Å². The molecule has 0 unspecified atom stereocenters. The maximum absolute atomic E-state index is 8.78. The van der Waals surface area contributed by atoms with Gasteiger partial charge in [-0.15, -0.1) is 0 Å². The van der Waals surface area contributed by atoms with Gasteiger partial charge in [0.25, 0.3) is 0 Å². The average Bonchev–Trinajstić information content (AvgIpc) is 2.45. The summed E-state index contributed by atoms with van der Waals surface area (Å²) in [6, 6.07) is 12.0. The van der Waals surface area contributed by atoms with Crippen molar-refractivity contribution in [3.8, 4) is 11.8 Å². The lowest BCUT2D eigenvalue weighted by Gasteiger charge is -2.21. The van der Waals surface area contributed by atoms with E-state index in [1.54, 1.807) is 0 Å². The molecule has 0 bridgehead atoms. The zero-order valence-corrected chi connectivity index (χ0v) is 12.0. The van der Waals surface area contributed by atoms with Gasteiger partial charge in [-0.2, -0.15) is 0 Å². The molecule has 0 saturated carbocycles. The molecule has 0 fully saturated rings. The molecular formula is C17H20N2O. The SMILES string of the molecule is CC(C)(CC#Cc1ccc2ccccc2n1)CNCO. The number of nitrogens with one attached hydrogen (secondary N) is 1. The average molecular weight is 268 g/mol. The molecule has 0 aliphatic heterocycles. The van der Waals surface area contributed by atoms with E-state index in [1.807, 2.05) is 36.4 Å². The van der Waals surface area contributed by atoms with Crippen LogP contribution in [0.15, 0.2) is 36.4 Å². The van der Waals surface area contributed by atoms with Gasteiger partial charge in [0.05, 0.1) is 12.2 Å². The summed E-state index contributed by atoms with van der Waals surface area (Å²) in [5, 5.41) is 12.8. The molecule has 2 rings (SSSR count). The van der Waals surface area contributed by atoms with Crippen LogP contribution in [0.25, 0.3) is 10.9 Å². The van der Waals surface area contributed by atoms with Crippen molar-refractivity contribution < 1.29 is 5.11 Å². The fourth-order valence-corrected chi connectivity index (χ4v) is 1.97. The first-order valence-corrected chi connectivity index (χ1v) is 6.77. The third-order valence-electron chi connectivity index (χ3n) is 3.10. The van der Waals surface area contributed by atoms with E-state index in [0.717, 1.165) is 29.6 Å².